The van der Waals surface area contributed by atoms with Crippen LogP contribution in [0.3, 0.4) is 0 Å². The Morgan fingerprint density at radius 3 is 2.36 bits per heavy atom. The molecule has 3 rings (SSSR count). The van der Waals surface area contributed by atoms with Crippen molar-refractivity contribution in [1.29, 1.82) is 0 Å². The number of aryl methyl sites for hydroxylation is 1. The normalized spacial score (nSPS) is 14.8. The van der Waals surface area contributed by atoms with Gasteiger partial charge in [0.2, 0.25) is 0 Å². The summed E-state index contributed by atoms with van der Waals surface area (Å²) in [5.41, 5.74) is 2.76. The van der Waals surface area contributed by atoms with Gasteiger partial charge < -0.3 is 4.90 Å². The molecule has 0 spiro atoms. The molecule has 2 aromatic rings. The lowest BCUT2D eigenvalue weighted by Crippen LogP contribution is -1.92. The molecular weight excluding hydrogens is 170 g/mol. The Balaban J connectivity index is 2.35. The molecule has 1 nitrogen and oxygen atoms in total. The van der Waals surface area contributed by atoms with E-state index in [1.165, 1.54) is 35.1 Å². The molecule has 1 aliphatic heterocycles. The molecule has 2 aromatic carbocycles. The zero-order valence-electron chi connectivity index (χ0n) is 8.33. The molecule has 0 atom stereocenters. The first-order valence-corrected chi connectivity index (χ1v) is 5.09. The van der Waals surface area contributed by atoms with Crippen LogP contribution in [0.1, 0.15) is 5.56 Å². The van der Waals surface area contributed by atoms with Crippen LogP contribution in [0.4, 0.5) is 5.69 Å². The Morgan fingerprint density at radius 1 is 0.929 bits per heavy atom. The van der Waals surface area contributed by atoms with Crippen LogP contribution in [0, 0.1) is 6.92 Å². The maximum absolute atomic E-state index is 2.40. The molecule has 1 fully saturated rings. The predicted octanol–water partition coefficient (Wildman–Crippen LogP) is 2.97. The standard InChI is InChI=1S/C13H13N/c1-10-6-7-13(14-8-9-14)12-5-3-2-4-11(10)12/h2-7H,8-9H2,1H3. The molecule has 1 aliphatic rings. The van der Waals surface area contributed by atoms with Gasteiger partial charge in [-0.3, -0.25) is 0 Å². The molecule has 70 valence electrons. The highest BCUT2D eigenvalue weighted by Crippen LogP contribution is 2.31. The van der Waals surface area contributed by atoms with Crippen molar-refractivity contribution in [2.45, 2.75) is 6.92 Å². The van der Waals surface area contributed by atoms with Crippen molar-refractivity contribution < 1.29 is 0 Å². The molecule has 0 aliphatic carbocycles. The van der Waals surface area contributed by atoms with Crippen LogP contribution in [0.15, 0.2) is 36.4 Å². The van der Waals surface area contributed by atoms with Gasteiger partial charge in [0.05, 0.1) is 0 Å². The number of hydrogen-bond donors (Lipinski definition) is 0. The highest BCUT2D eigenvalue weighted by molar-refractivity contribution is 5.97. The van der Waals surface area contributed by atoms with Crippen LogP contribution in [-0.2, 0) is 0 Å². The number of rotatable bonds is 1. The average molecular weight is 183 g/mol. The van der Waals surface area contributed by atoms with Gasteiger partial charge in [0, 0.05) is 24.2 Å². The molecule has 0 saturated carbocycles. The van der Waals surface area contributed by atoms with Gasteiger partial charge in [-0.25, -0.2) is 0 Å². The first-order chi connectivity index (χ1) is 6.86. The number of hydrogen-bond acceptors (Lipinski definition) is 1. The van der Waals surface area contributed by atoms with Crippen LogP contribution in [0.25, 0.3) is 10.8 Å². The van der Waals surface area contributed by atoms with E-state index in [0.29, 0.717) is 0 Å². The smallest absolute Gasteiger partial charge is 0.0447 e. The van der Waals surface area contributed by atoms with E-state index in [1.807, 2.05) is 0 Å². The number of nitrogens with zero attached hydrogens (tertiary/aromatic N) is 1. The molecule has 0 unspecified atom stereocenters. The van der Waals surface area contributed by atoms with Crippen LogP contribution in [-0.4, -0.2) is 13.1 Å². The maximum Gasteiger partial charge on any atom is 0.0447 e. The summed E-state index contributed by atoms with van der Waals surface area (Å²) >= 11 is 0. The Labute approximate surface area is 84.0 Å². The fourth-order valence-corrected chi connectivity index (χ4v) is 2.00. The van der Waals surface area contributed by atoms with E-state index in [4.69, 9.17) is 0 Å². The number of anilines is 1. The van der Waals surface area contributed by atoms with Crippen molar-refractivity contribution in [3.63, 3.8) is 0 Å². The van der Waals surface area contributed by atoms with Gasteiger partial charge in [-0.2, -0.15) is 0 Å². The summed E-state index contributed by atoms with van der Waals surface area (Å²) in [5.74, 6) is 0. The Kier molecular flexibility index (Phi) is 1.54. The van der Waals surface area contributed by atoms with E-state index in [-0.39, 0.29) is 0 Å². The van der Waals surface area contributed by atoms with Crippen molar-refractivity contribution in [2.24, 2.45) is 0 Å². The molecule has 0 N–H and O–H groups in total. The lowest BCUT2D eigenvalue weighted by Gasteiger charge is -2.09. The predicted molar refractivity (Wildman–Crippen MR) is 60.9 cm³/mol. The topological polar surface area (TPSA) is 3.01 Å². The van der Waals surface area contributed by atoms with E-state index in [2.05, 4.69) is 48.2 Å². The molecular formula is C13H13N. The van der Waals surface area contributed by atoms with E-state index in [1.54, 1.807) is 0 Å². The minimum Gasteiger partial charge on any atom is -0.367 e. The van der Waals surface area contributed by atoms with Crippen LogP contribution in [0.5, 0.6) is 0 Å². The second-order valence-corrected chi connectivity index (χ2v) is 3.93. The fourth-order valence-electron chi connectivity index (χ4n) is 2.00. The SMILES string of the molecule is Cc1ccc(N2CC2)c2ccccc12. The van der Waals surface area contributed by atoms with E-state index in [9.17, 15) is 0 Å². The highest BCUT2D eigenvalue weighted by Gasteiger charge is 2.19. The summed E-state index contributed by atoms with van der Waals surface area (Å²) < 4.78 is 0. The molecule has 14 heavy (non-hydrogen) atoms. The largest absolute Gasteiger partial charge is 0.367 e. The van der Waals surface area contributed by atoms with Gasteiger partial charge in [0.25, 0.3) is 0 Å². The van der Waals surface area contributed by atoms with Crippen molar-refractivity contribution in [1.82, 2.24) is 0 Å². The molecule has 0 amide bonds. The van der Waals surface area contributed by atoms with Gasteiger partial charge >= 0.3 is 0 Å². The van der Waals surface area contributed by atoms with Gasteiger partial charge in [-0.05, 0) is 23.9 Å². The van der Waals surface area contributed by atoms with Crippen LogP contribution < -0.4 is 4.90 Å². The molecule has 1 saturated heterocycles. The zero-order chi connectivity index (χ0) is 9.54. The van der Waals surface area contributed by atoms with E-state index >= 15 is 0 Å². The van der Waals surface area contributed by atoms with Crippen molar-refractivity contribution >= 4 is 16.5 Å². The monoisotopic (exact) mass is 183 g/mol. The summed E-state index contributed by atoms with van der Waals surface area (Å²) in [6, 6.07) is 13.1. The minimum absolute atomic E-state index is 1.22. The summed E-state index contributed by atoms with van der Waals surface area (Å²) in [6.45, 7) is 4.61. The van der Waals surface area contributed by atoms with Crippen LogP contribution >= 0.6 is 0 Å². The second-order valence-electron chi connectivity index (χ2n) is 3.93. The Hall–Kier alpha value is -1.50. The Morgan fingerprint density at radius 2 is 1.64 bits per heavy atom. The first-order valence-electron chi connectivity index (χ1n) is 5.09. The third-order valence-corrected chi connectivity index (χ3v) is 2.91. The van der Waals surface area contributed by atoms with E-state index < -0.39 is 0 Å². The molecule has 0 aromatic heterocycles. The van der Waals surface area contributed by atoms with Crippen LogP contribution in [0.2, 0.25) is 0 Å². The number of benzene rings is 2. The number of fused-ring (bicyclic) bond motifs is 1. The molecule has 1 heteroatoms. The highest BCUT2D eigenvalue weighted by atomic mass is 15.3. The van der Waals surface area contributed by atoms with Gasteiger partial charge in [-0.1, -0.05) is 30.3 Å². The second kappa shape index (κ2) is 2.74. The maximum atomic E-state index is 2.40. The lowest BCUT2D eigenvalue weighted by atomic mass is 10.0. The molecule has 0 bridgehead atoms. The third-order valence-electron chi connectivity index (χ3n) is 2.91. The summed E-state index contributed by atoms with van der Waals surface area (Å²) in [7, 11) is 0. The summed E-state index contributed by atoms with van der Waals surface area (Å²) in [4.78, 5) is 2.40. The van der Waals surface area contributed by atoms with E-state index in [0.717, 1.165) is 0 Å². The lowest BCUT2D eigenvalue weighted by molar-refractivity contribution is 1.40. The average Bonchev–Trinajstić information content (AvgIpc) is 3.03. The fraction of sp³-hybridized carbons (Fsp3) is 0.231. The van der Waals surface area contributed by atoms with Crippen molar-refractivity contribution in [3.05, 3.63) is 42.0 Å². The summed E-state index contributed by atoms with van der Waals surface area (Å²) in [5, 5.41) is 2.78. The van der Waals surface area contributed by atoms with Gasteiger partial charge in [0.1, 0.15) is 0 Å². The van der Waals surface area contributed by atoms with Gasteiger partial charge in [-0.15, -0.1) is 0 Å². The van der Waals surface area contributed by atoms with Gasteiger partial charge in [0.15, 0.2) is 0 Å². The molecule has 0 radical (unpaired) electrons. The first kappa shape index (κ1) is 7.86. The zero-order valence-corrected chi connectivity index (χ0v) is 8.33. The molecule has 1 heterocycles. The summed E-state index contributed by atoms with van der Waals surface area (Å²) in [6.07, 6.45) is 0. The Bertz CT molecular complexity index is 484. The minimum atomic E-state index is 1.22. The third kappa shape index (κ3) is 1.09. The van der Waals surface area contributed by atoms with Crippen molar-refractivity contribution in [2.75, 3.05) is 18.0 Å². The van der Waals surface area contributed by atoms with Crippen molar-refractivity contribution in [3.8, 4) is 0 Å². The quantitative estimate of drug-likeness (QED) is 0.614.